The predicted octanol–water partition coefficient (Wildman–Crippen LogP) is 0.747. The molecule has 1 aliphatic heterocycles. The van der Waals surface area contributed by atoms with E-state index in [1.807, 2.05) is 0 Å². The van der Waals surface area contributed by atoms with E-state index in [4.69, 9.17) is 5.84 Å². The van der Waals surface area contributed by atoms with E-state index < -0.39 is 0 Å². The molecule has 1 aliphatic rings. The highest BCUT2D eigenvalue weighted by Gasteiger charge is 2.11. The van der Waals surface area contributed by atoms with Gasteiger partial charge in [-0.2, -0.15) is 0 Å². The molecule has 0 amide bonds. The van der Waals surface area contributed by atoms with E-state index in [9.17, 15) is 4.39 Å². The van der Waals surface area contributed by atoms with Crippen LogP contribution in [0.5, 0.6) is 0 Å². The molecule has 0 atom stereocenters. The van der Waals surface area contributed by atoms with Gasteiger partial charge in [0.05, 0.1) is 0 Å². The molecule has 1 aromatic rings. The second kappa shape index (κ2) is 3.55. The minimum absolute atomic E-state index is 0.305. The SMILES string of the molecule is NN1CN=CN=C1c1cccc(F)c1. The van der Waals surface area contributed by atoms with E-state index in [1.54, 1.807) is 12.1 Å². The number of nitrogens with two attached hydrogens (primary N) is 1. The van der Waals surface area contributed by atoms with Crippen LogP contribution < -0.4 is 5.84 Å². The molecule has 0 aromatic heterocycles. The maximum absolute atomic E-state index is 12.9. The minimum atomic E-state index is -0.305. The zero-order valence-electron chi connectivity index (χ0n) is 7.39. The van der Waals surface area contributed by atoms with Crippen molar-refractivity contribution in [1.82, 2.24) is 5.01 Å². The maximum Gasteiger partial charge on any atom is 0.153 e. The lowest BCUT2D eigenvalue weighted by Gasteiger charge is -2.20. The Morgan fingerprint density at radius 1 is 1.43 bits per heavy atom. The van der Waals surface area contributed by atoms with Gasteiger partial charge in [0.2, 0.25) is 0 Å². The van der Waals surface area contributed by atoms with Crippen LogP contribution in [0.1, 0.15) is 5.56 Å². The van der Waals surface area contributed by atoms with Gasteiger partial charge in [0, 0.05) is 5.56 Å². The average Bonchev–Trinajstić information content (AvgIpc) is 2.18. The molecule has 0 bridgehead atoms. The zero-order valence-corrected chi connectivity index (χ0v) is 7.39. The van der Waals surface area contributed by atoms with Gasteiger partial charge < -0.3 is 0 Å². The molecule has 0 saturated heterocycles. The molecule has 0 saturated carbocycles. The summed E-state index contributed by atoms with van der Waals surface area (Å²) in [5, 5.41) is 1.37. The number of benzene rings is 1. The predicted molar refractivity (Wildman–Crippen MR) is 52.3 cm³/mol. The normalized spacial score (nSPS) is 15.6. The third kappa shape index (κ3) is 1.62. The van der Waals surface area contributed by atoms with Gasteiger partial charge in [-0.25, -0.2) is 15.2 Å². The lowest BCUT2D eigenvalue weighted by atomic mass is 10.2. The average molecular weight is 192 g/mol. The Morgan fingerprint density at radius 3 is 3.00 bits per heavy atom. The van der Waals surface area contributed by atoms with Gasteiger partial charge in [-0.15, -0.1) is 0 Å². The Hall–Kier alpha value is -1.75. The molecule has 14 heavy (non-hydrogen) atoms. The first-order chi connectivity index (χ1) is 6.77. The fraction of sp³-hybridized carbons (Fsp3) is 0.111. The van der Waals surface area contributed by atoms with Crippen LogP contribution in [-0.2, 0) is 0 Å². The van der Waals surface area contributed by atoms with Crippen molar-refractivity contribution in [2.75, 3.05) is 6.67 Å². The van der Waals surface area contributed by atoms with E-state index in [1.165, 1.54) is 23.5 Å². The van der Waals surface area contributed by atoms with Crippen molar-refractivity contribution in [3.8, 4) is 0 Å². The van der Waals surface area contributed by atoms with E-state index in [-0.39, 0.29) is 5.82 Å². The zero-order chi connectivity index (χ0) is 9.97. The first-order valence-corrected chi connectivity index (χ1v) is 4.11. The topological polar surface area (TPSA) is 54.0 Å². The summed E-state index contributed by atoms with van der Waals surface area (Å²) in [6.45, 7) is 0.343. The molecule has 1 aromatic carbocycles. The number of rotatable bonds is 1. The van der Waals surface area contributed by atoms with Gasteiger partial charge in [-0.1, -0.05) is 12.1 Å². The van der Waals surface area contributed by atoms with Crippen LogP contribution in [-0.4, -0.2) is 23.9 Å². The van der Waals surface area contributed by atoms with Crippen LogP contribution in [0.3, 0.4) is 0 Å². The summed E-state index contributed by atoms with van der Waals surface area (Å²) in [5.41, 5.74) is 0.652. The largest absolute Gasteiger partial charge is 0.272 e. The monoisotopic (exact) mass is 192 g/mol. The highest BCUT2D eigenvalue weighted by atomic mass is 19.1. The third-order valence-corrected chi connectivity index (χ3v) is 1.85. The fourth-order valence-corrected chi connectivity index (χ4v) is 1.23. The smallest absolute Gasteiger partial charge is 0.153 e. The van der Waals surface area contributed by atoms with E-state index in [0.29, 0.717) is 18.1 Å². The van der Waals surface area contributed by atoms with Gasteiger partial charge in [0.25, 0.3) is 0 Å². The Labute approximate surface area is 80.5 Å². The summed E-state index contributed by atoms with van der Waals surface area (Å²) in [4.78, 5) is 7.83. The molecular formula is C9H9FN4. The Kier molecular flexibility index (Phi) is 2.24. The summed E-state index contributed by atoms with van der Waals surface area (Å²) in [5.74, 6) is 5.85. The van der Waals surface area contributed by atoms with Crippen molar-refractivity contribution in [2.45, 2.75) is 0 Å². The fourth-order valence-electron chi connectivity index (χ4n) is 1.23. The van der Waals surface area contributed by atoms with Crippen molar-refractivity contribution >= 4 is 12.2 Å². The van der Waals surface area contributed by atoms with Crippen LogP contribution in [0.4, 0.5) is 4.39 Å². The standard InChI is InChI=1S/C9H9FN4/c10-8-3-1-2-7(4-8)9-13-5-12-6-14(9)11/h1-5H,6,11H2. The molecule has 0 unspecified atom stereocenters. The molecule has 2 N–H and O–H groups in total. The molecular weight excluding hydrogens is 183 g/mol. The molecule has 2 rings (SSSR count). The Balaban J connectivity index is 2.39. The maximum atomic E-state index is 12.9. The highest BCUT2D eigenvalue weighted by molar-refractivity contribution is 6.02. The lowest BCUT2D eigenvalue weighted by molar-refractivity contribution is 0.452. The molecule has 4 nitrogen and oxygen atoms in total. The van der Waals surface area contributed by atoms with E-state index in [2.05, 4.69) is 9.98 Å². The van der Waals surface area contributed by atoms with Crippen molar-refractivity contribution in [3.05, 3.63) is 35.6 Å². The van der Waals surface area contributed by atoms with Crippen LogP contribution in [0.25, 0.3) is 0 Å². The summed E-state index contributed by atoms with van der Waals surface area (Å²) >= 11 is 0. The van der Waals surface area contributed by atoms with Crippen LogP contribution in [0.2, 0.25) is 0 Å². The Morgan fingerprint density at radius 2 is 2.29 bits per heavy atom. The highest BCUT2D eigenvalue weighted by Crippen LogP contribution is 2.07. The minimum Gasteiger partial charge on any atom is -0.272 e. The van der Waals surface area contributed by atoms with Crippen LogP contribution in [0, 0.1) is 5.82 Å². The molecule has 0 fully saturated rings. The summed E-state index contributed by atoms with van der Waals surface area (Å²) in [6.07, 6.45) is 1.42. The van der Waals surface area contributed by atoms with Gasteiger partial charge >= 0.3 is 0 Å². The number of hydrazine groups is 1. The van der Waals surface area contributed by atoms with E-state index >= 15 is 0 Å². The molecule has 1 heterocycles. The molecule has 5 heteroatoms. The second-order valence-electron chi connectivity index (χ2n) is 2.87. The van der Waals surface area contributed by atoms with Crippen molar-refractivity contribution in [3.63, 3.8) is 0 Å². The van der Waals surface area contributed by atoms with Gasteiger partial charge in [0.15, 0.2) is 5.84 Å². The number of amidine groups is 1. The second-order valence-corrected chi connectivity index (χ2v) is 2.87. The van der Waals surface area contributed by atoms with Crippen molar-refractivity contribution < 1.29 is 4.39 Å². The van der Waals surface area contributed by atoms with Crippen molar-refractivity contribution in [1.29, 1.82) is 0 Å². The summed E-state index contributed by atoms with van der Waals surface area (Å²) in [6, 6.07) is 6.13. The number of hydrogen-bond donors (Lipinski definition) is 1. The van der Waals surface area contributed by atoms with Gasteiger partial charge in [-0.3, -0.25) is 10.0 Å². The molecule has 0 aliphatic carbocycles. The van der Waals surface area contributed by atoms with Crippen molar-refractivity contribution in [2.24, 2.45) is 15.8 Å². The van der Waals surface area contributed by atoms with Gasteiger partial charge in [0.1, 0.15) is 18.8 Å². The molecule has 0 spiro atoms. The van der Waals surface area contributed by atoms with Gasteiger partial charge in [-0.05, 0) is 12.1 Å². The number of hydrogen-bond acceptors (Lipinski definition) is 4. The third-order valence-electron chi connectivity index (χ3n) is 1.85. The number of halogens is 1. The van der Waals surface area contributed by atoms with Crippen LogP contribution in [0.15, 0.2) is 34.3 Å². The Bertz CT molecular complexity index is 400. The number of aliphatic imine (C=N–C) groups is 2. The lowest BCUT2D eigenvalue weighted by Crippen LogP contribution is -2.39. The van der Waals surface area contributed by atoms with E-state index in [0.717, 1.165) is 0 Å². The summed E-state index contributed by atoms with van der Waals surface area (Å²) in [7, 11) is 0. The van der Waals surface area contributed by atoms with Crippen LogP contribution >= 0.6 is 0 Å². The first-order valence-electron chi connectivity index (χ1n) is 4.11. The molecule has 72 valence electrons. The number of nitrogens with zero attached hydrogens (tertiary/aromatic N) is 3. The quantitative estimate of drug-likeness (QED) is 0.667. The summed E-state index contributed by atoms with van der Waals surface area (Å²) < 4.78 is 12.9. The molecule has 0 radical (unpaired) electrons. The first kappa shape index (κ1) is 8.83.